The van der Waals surface area contributed by atoms with Crippen molar-refractivity contribution in [2.45, 2.75) is 58.8 Å². The molecule has 0 N–H and O–H groups in total. The summed E-state index contributed by atoms with van der Waals surface area (Å²) in [6, 6.07) is 25.2. The average molecular weight is 462 g/mol. The van der Waals surface area contributed by atoms with E-state index < -0.39 is 0 Å². The minimum atomic E-state index is 1.02. The van der Waals surface area contributed by atoms with E-state index >= 15 is 0 Å². The maximum atomic E-state index is 5.10. The van der Waals surface area contributed by atoms with E-state index in [1.54, 1.807) is 7.11 Å². The molecule has 0 spiro atoms. The molecule has 0 fully saturated rings. The zero-order chi connectivity index (χ0) is 23.5. The molecule has 0 aliphatic rings. The third-order valence-corrected chi connectivity index (χ3v) is 6.83. The molecule has 0 aliphatic carbocycles. The molecule has 0 saturated heterocycles. The summed E-state index contributed by atoms with van der Waals surface area (Å²) in [6.45, 7) is 5.53. The smallest absolute Gasteiger partial charge is 0.0813 e. The highest BCUT2D eigenvalue weighted by Gasteiger charge is 2.08. The van der Waals surface area contributed by atoms with Gasteiger partial charge in [-0.2, -0.15) is 0 Å². The monoisotopic (exact) mass is 461 g/mol. The van der Waals surface area contributed by atoms with E-state index in [-0.39, 0.29) is 0 Å². The molecule has 0 aliphatic heterocycles. The van der Waals surface area contributed by atoms with Crippen LogP contribution in [-0.4, -0.2) is 25.0 Å². The number of nitrogens with zero attached hydrogens (tertiary/aromatic N) is 1. The Kier molecular flexibility index (Phi) is 10.5. The Morgan fingerprint density at radius 3 is 1.94 bits per heavy atom. The third kappa shape index (κ3) is 7.74. The van der Waals surface area contributed by atoms with Crippen LogP contribution in [0.4, 0.5) is 0 Å². The third-order valence-electron chi connectivity index (χ3n) is 6.25. The lowest BCUT2D eigenvalue weighted by atomic mass is 9.92. The zero-order valence-electron chi connectivity index (χ0n) is 20.8. The summed E-state index contributed by atoms with van der Waals surface area (Å²) < 4.78 is 7.22. The minimum absolute atomic E-state index is 1.02. The van der Waals surface area contributed by atoms with Crippen molar-refractivity contribution in [2.75, 3.05) is 20.7 Å². The molecule has 0 amide bonds. The van der Waals surface area contributed by atoms with Gasteiger partial charge in [0.2, 0.25) is 0 Å². The first-order valence-electron chi connectivity index (χ1n) is 12.4. The van der Waals surface area contributed by atoms with Gasteiger partial charge < -0.3 is 4.18 Å². The fourth-order valence-corrected chi connectivity index (χ4v) is 4.77. The summed E-state index contributed by atoms with van der Waals surface area (Å²) >= 11 is 1.41. The number of benzene rings is 3. The van der Waals surface area contributed by atoms with Crippen LogP contribution in [-0.2, 0) is 23.4 Å². The van der Waals surface area contributed by atoms with Gasteiger partial charge in [0.1, 0.15) is 0 Å². The molecule has 0 atom stereocenters. The molecular weight excluding hydrogens is 422 g/mol. The van der Waals surface area contributed by atoms with Crippen molar-refractivity contribution in [2.24, 2.45) is 0 Å². The van der Waals surface area contributed by atoms with Crippen LogP contribution in [0.25, 0.3) is 22.3 Å². The molecule has 3 rings (SSSR count). The van der Waals surface area contributed by atoms with E-state index in [0.717, 1.165) is 25.8 Å². The first-order valence-corrected chi connectivity index (χ1v) is 13.1. The van der Waals surface area contributed by atoms with Crippen LogP contribution >= 0.6 is 12.2 Å². The Hall–Kier alpha value is -2.07. The Labute approximate surface area is 205 Å². The summed E-state index contributed by atoms with van der Waals surface area (Å²) in [5.74, 6) is 0. The van der Waals surface area contributed by atoms with Gasteiger partial charge in [-0.3, -0.25) is 0 Å². The Balaban J connectivity index is 1.67. The standard InChI is InChI=1S/C30H39NOS/c1-5-7-8-10-24-12-16-27(17-13-24)29-20-21-30(26(6-2)23-29)28-18-14-25(15-19-28)11-9-22-31(3)33-32-4/h12-21,23H,5-11,22H2,1-4H3. The summed E-state index contributed by atoms with van der Waals surface area (Å²) in [6.07, 6.45) is 8.30. The topological polar surface area (TPSA) is 12.5 Å². The lowest BCUT2D eigenvalue weighted by molar-refractivity contribution is 0.431. The van der Waals surface area contributed by atoms with Crippen molar-refractivity contribution in [3.63, 3.8) is 0 Å². The summed E-state index contributed by atoms with van der Waals surface area (Å²) in [4.78, 5) is 0. The van der Waals surface area contributed by atoms with Gasteiger partial charge in [0.05, 0.1) is 19.3 Å². The Morgan fingerprint density at radius 2 is 1.33 bits per heavy atom. The largest absolute Gasteiger partial charge is 0.304 e. The van der Waals surface area contributed by atoms with E-state index in [0.29, 0.717) is 0 Å². The van der Waals surface area contributed by atoms with Crippen molar-refractivity contribution in [1.29, 1.82) is 0 Å². The van der Waals surface area contributed by atoms with Gasteiger partial charge in [0.15, 0.2) is 0 Å². The molecule has 0 bridgehead atoms. The van der Waals surface area contributed by atoms with Crippen LogP contribution < -0.4 is 0 Å². The lowest BCUT2D eigenvalue weighted by Crippen LogP contribution is -2.11. The molecule has 3 heteroatoms. The van der Waals surface area contributed by atoms with Gasteiger partial charge in [0.25, 0.3) is 0 Å². The summed E-state index contributed by atoms with van der Waals surface area (Å²) in [5.41, 5.74) is 9.52. The van der Waals surface area contributed by atoms with Crippen molar-refractivity contribution in [1.82, 2.24) is 4.31 Å². The van der Waals surface area contributed by atoms with Gasteiger partial charge >= 0.3 is 0 Å². The van der Waals surface area contributed by atoms with Gasteiger partial charge in [0, 0.05) is 6.54 Å². The average Bonchev–Trinajstić information content (AvgIpc) is 2.85. The highest BCUT2D eigenvalue weighted by Crippen LogP contribution is 2.30. The molecule has 33 heavy (non-hydrogen) atoms. The molecule has 0 saturated carbocycles. The summed E-state index contributed by atoms with van der Waals surface area (Å²) in [7, 11) is 3.78. The maximum absolute atomic E-state index is 5.10. The SMILES string of the molecule is CCCCCc1ccc(-c2ccc(-c3ccc(CCCN(C)SOC)cc3)c(CC)c2)cc1. The molecule has 0 radical (unpaired) electrons. The molecule has 176 valence electrons. The van der Waals surface area contributed by atoms with E-state index in [1.165, 1.54) is 76.9 Å². The lowest BCUT2D eigenvalue weighted by Gasteiger charge is -2.14. The molecule has 0 heterocycles. The molecule has 0 unspecified atom stereocenters. The normalized spacial score (nSPS) is 11.3. The van der Waals surface area contributed by atoms with E-state index in [1.807, 2.05) is 0 Å². The van der Waals surface area contributed by atoms with E-state index in [2.05, 4.69) is 91.9 Å². The molecule has 3 aromatic rings. The fourth-order valence-electron chi connectivity index (χ4n) is 4.31. The predicted molar refractivity (Wildman–Crippen MR) is 145 cm³/mol. The number of aryl methyl sites for hydroxylation is 3. The van der Waals surface area contributed by atoms with Gasteiger partial charge in [-0.1, -0.05) is 93.4 Å². The second kappa shape index (κ2) is 13.6. The molecule has 0 aromatic heterocycles. The van der Waals surface area contributed by atoms with Crippen molar-refractivity contribution >= 4 is 12.2 Å². The number of unbranched alkanes of at least 4 members (excludes halogenated alkanes) is 2. The Bertz CT molecular complexity index is 966. The number of rotatable bonds is 13. The first-order chi connectivity index (χ1) is 16.1. The van der Waals surface area contributed by atoms with Gasteiger partial charge in [-0.05, 0) is 78.1 Å². The minimum Gasteiger partial charge on any atom is -0.304 e. The summed E-state index contributed by atoms with van der Waals surface area (Å²) in [5, 5.41) is 0. The van der Waals surface area contributed by atoms with Crippen molar-refractivity contribution in [3.8, 4) is 22.3 Å². The number of hydrogen-bond donors (Lipinski definition) is 0. The zero-order valence-corrected chi connectivity index (χ0v) is 21.6. The van der Waals surface area contributed by atoms with Crippen LogP contribution in [0, 0.1) is 0 Å². The number of hydrogen-bond acceptors (Lipinski definition) is 3. The van der Waals surface area contributed by atoms with Crippen molar-refractivity contribution < 1.29 is 4.18 Å². The molecular formula is C30H39NOS. The van der Waals surface area contributed by atoms with Crippen LogP contribution in [0.3, 0.4) is 0 Å². The molecule has 2 nitrogen and oxygen atoms in total. The van der Waals surface area contributed by atoms with Gasteiger partial charge in [-0.15, -0.1) is 0 Å². The maximum Gasteiger partial charge on any atom is 0.0813 e. The first kappa shape index (κ1) is 25.6. The highest BCUT2D eigenvalue weighted by molar-refractivity contribution is 7.92. The fraction of sp³-hybridized carbons (Fsp3) is 0.400. The van der Waals surface area contributed by atoms with Gasteiger partial charge in [-0.25, -0.2) is 4.31 Å². The Morgan fingerprint density at radius 1 is 0.727 bits per heavy atom. The van der Waals surface area contributed by atoms with E-state index in [9.17, 15) is 0 Å². The van der Waals surface area contributed by atoms with Crippen LogP contribution in [0.2, 0.25) is 0 Å². The van der Waals surface area contributed by atoms with Crippen LogP contribution in [0.5, 0.6) is 0 Å². The van der Waals surface area contributed by atoms with Crippen molar-refractivity contribution in [3.05, 3.63) is 83.4 Å². The van der Waals surface area contributed by atoms with E-state index in [4.69, 9.17) is 4.18 Å². The second-order valence-corrected chi connectivity index (χ2v) is 9.88. The quantitative estimate of drug-likeness (QED) is 0.144. The second-order valence-electron chi connectivity index (χ2n) is 8.77. The van der Waals surface area contributed by atoms with Crippen LogP contribution in [0.15, 0.2) is 66.7 Å². The predicted octanol–water partition coefficient (Wildman–Crippen LogP) is 8.39. The van der Waals surface area contributed by atoms with Crippen LogP contribution in [0.1, 0.15) is 56.2 Å². The molecule has 3 aromatic carbocycles. The highest BCUT2D eigenvalue weighted by atomic mass is 32.2.